The molecule has 5 heteroatoms. The molecule has 17 heavy (non-hydrogen) atoms. The van der Waals surface area contributed by atoms with Crippen molar-refractivity contribution in [2.24, 2.45) is 5.41 Å². The molecule has 0 radical (unpaired) electrons. The van der Waals surface area contributed by atoms with E-state index in [-0.39, 0.29) is 11.6 Å². The number of aromatic nitrogens is 1. The van der Waals surface area contributed by atoms with E-state index in [0.717, 1.165) is 26.2 Å². The largest absolute Gasteiger partial charge is 0.336 e. The van der Waals surface area contributed by atoms with Crippen molar-refractivity contribution in [2.75, 3.05) is 26.2 Å². The summed E-state index contributed by atoms with van der Waals surface area (Å²) in [4.78, 5) is 17.4. The third-order valence-electron chi connectivity index (χ3n) is 3.59. The van der Waals surface area contributed by atoms with E-state index in [1.165, 1.54) is 0 Å². The molecule has 2 aliphatic rings. The van der Waals surface area contributed by atoms with Gasteiger partial charge in [0.2, 0.25) is 5.95 Å². The van der Waals surface area contributed by atoms with Gasteiger partial charge in [0.15, 0.2) is 0 Å². The van der Waals surface area contributed by atoms with Crippen molar-refractivity contribution >= 4 is 5.91 Å². The minimum atomic E-state index is -0.559. The average Bonchev–Trinajstić information content (AvgIpc) is 2.17. The van der Waals surface area contributed by atoms with Gasteiger partial charge in [-0.3, -0.25) is 4.79 Å². The number of likely N-dealkylation sites (tertiary alicyclic amines) is 1. The monoisotopic (exact) mass is 235 g/mol. The van der Waals surface area contributed by atoms with E-state index in [4.69, 9.17) is 0 Å². The van der Waals surface area contributed by atoms with Gasteiger partial charge in [0.05, 0.1) is 0 Å². The molecule has 1 aromatic rings. The Bertz CT molecular complexity index is 477. The molecular weight excluding hydrogens is 221 g/mol. The summed E-state index contributed by atoms with van der Waals surface area (Å²) in [6, 6.07) is 3.18. The third-order valence-corrected chi connectivity index (χ3v) is 3.59. The van der Waals surface area contributed by atoms with Crippen molar-refractivity contribution < 1.29 is 9.18 Å². The zero-order valence-corrected chi connectivity index (χ0v) is 9.66. The molecule has 0 atom stereocenters. The van der Waals surface area contributed by atoms with Crippen molar-refractivity contribution in [2.45, 2.75) is 6.92 Å². The number of carbonyl (C=O) groups is 1. The predicted octanol–water partition coefficient (Wildman–Crippen LogP) is 0.575. The average molecular weight is 235 g/mol. The van der Waals surface area contributed by atoms with Crippen LogP contribution in [0.4, 0.5) is 4.39 Å². The van der Waals surface area contributed by atoms with Crippen LogP contribution in [0.2, 0.25) is 0 Å². The summed E-state index contributed by atoms with van der Waals surface area (Å²) in [7, 11) is 0. The maximum absolute atomic E-state index is 13.3. The van der Waals surface area contributed by atoms with E-state index in [2.05, 4.69) is 10.3 Å². The maximum Gasteiger partial charge on any atom is 0.272 e. The molecule has 1 amide bonds. The van der Waals surface area contributed by atoms with Crippen LogP contribution >= 0.6 is 0 Å². The van der Waals surface area contributed by atoms with Gasteiger partial charge in [-0.1, -0.05) is 6.07 Å². The Morgan fingerprint density at radius 3 is 2.71 bits per heavy atom. The van der Waals surface area contributed by atoms with Crippen molar-refractivity contribution in [3.8, 4) is 0 Å². The van der Waals surface area contributed by atoms with E-state index in [9.17, 15) is 9.18 Å². The van der Waals surface area contributed by atoms with Crippen molar-refractivity contribution in [1.82, 2.24) is 15.2 Å². The van der Waals surface area contributed by atoms with Gasteiger partial charge in [0.25, 0.3) is 5.91 Å². The molecule has 1 spiro atoms. The van der Waals surface area contributed by atoms with E-state index in [1.54, 1.807) is 24.0 Å². The fourth-order valence-corrected chi connectivity index (χ4v) is 2.39. The van der Waals surface area contributed by atoms with E-state index >= 15 is 0 Å². The summed E-state index contributed by atoms with van der Waals surface area (Å²) < 4.78 is 13.3. The Kier molecular flexibility index (Phi) is 2.19. The Balaban J connectivity index is 1.72. The van der Waals surface area contributed by atoms with Gasteiger partial charge in [0.1, 0.15) is 5.69 Å². The molecule has 2 fully saturated rings. The SMILES string of the molecule is Cc1ccc(C(=O)N2CC3(CNC3)C2)nc1F. The number of nitrogens with zero attached hydrogens (tertiary/aromatic N) is 2. The quantitative estimate of drug-likeness (QED) is 0.724. The Morgan fingerprint density at radius 2 is 2.18 bits per heavy atom. The second-order valence-corrected chi connectivity index (χ2v) is 5.07. The van der Waals surface area contributed by atoms with E-state index < -0.39 is 5.95 Å². The van der Waals surface area contributed by atoms with E-state index in [1.807, 2.05) is 0 Å². The van der Waals surface area contributed by atoms with Gasteiger partial charge < -0.3 is 10.2 Å². The van der Waals surface area contributed by atoms with Crippen LogP contribution in [0, 0.1) is 18.3 Å². The maximum atomic E-state index is 13.3. The number of pyridine rings is 1. The number of rotatable bonds is 1. The summed E-state index contributed by atoms with van der Waals surface area (Å²) in [5.41, 5.74) is 0.957. The van der Waals surface area contributed by atoms with Gasteiger partial charge in [-0.15, -0.1) is 0 Å². The normalized spacial score (nSPS) is 20.9. The van der Waals surface area contributed by atoms with Gasteiger partial charge in [-0.05, 0) is 13.0 Å². The lowest BCUT2D eigenvalue weighted by Gasteiger charge is -2.55. The summed E-state index contributed by atoms with van der Waals surface area (Å²) >= 11 is 0. The molecule has 0 unspecified atom stereocenters. The predicted molar refractivity (Wildman–Crippen MR) is 60.1 cm³/mol. The standard InChI is InChI=1S/C12H14FN3O/c1-8-2-3-9(15-10(8)13)11(17)16-6-12(7-16)4-14-5-12/h2-3,14H,4-7H2,1H3. The molecule has 3 heterocycles. The highest BCUT2D eigenvalue weighted by molar-refractivity contribution is 5.93. The lowest BCUT2D eigenvalue weighted by molar-refractivity contribution is -0.0252. The number of nitrogens with one attached hydrogen (secondary N) is 1. The first-order valence-electron chi connectivity index (χ1n) is 5.73. The number of hydrogen-bond donors (Lipinski definition) is 1. The minimum Gasteiger partial charge on any atom is -0.336 e. The highest BCUT2D eigenvalue weighted by atomic mass is 19.1. The highest BCUT2D eigenvalue weighted by Crippen LogP contribution is 2.34. The zero-order chi connectivity index (χ0) is 12.0. The first-order valence-corrected chi connectivity index (χ1v) is 5.73. The van der Waals surface area contributed by atoms with Crippen molar-refractivity contribution in [1.29, 1.82) is 0 Å². The number of amides is 1. The van der Waals surface area contributed by atoms with Gasteiger partial charge in [-0.2, -0.15) is 4.39 Å². The third kappa shape index (κ3) is 1.61. The van der Waals surface area contributed by atoms with E-state index in [0.29, 0.717) is 11.0 Å². The fraction of sp³-hybridized carbons (Fsp3) is 0.500. The van der Waals surface area contributed by atoms with Crippen LogP contribution < -0.4 is 5.32 Å². The molecule has 90 valence electrons. The number of carbonyl (C=O) groups excluding carboxylic acids is 1. The van der Waals surface area contributed by atoms with Crippen LogP contribution in [0.25, 0.3) is 0 Å². The lowest BCUT2D eigenvalue weighted by Crippen LogP contribution is -2.71. The van der Waals surface area contributed by atoms with Gasteiger partial charge >= 0.3 is 0 Å². The highest BCUT2D eigenvalue weighted by Gasteiger charge is 2.49. The number of aryl methyl sites for hydroxylation is 1. The molecule has 1 N–H and O–H groups in total. The minimum absolute atomic E-state index is 0.165. The first-order chi connectivity index (χ1) is 8.10. The van der Waals surface area contributed by atoms with Gasteiger partial charge in [-0.25, -0.2) is 4.98 Å². The first kappa shape index (κ1) is 10.7. The topological polar surface area (TPSA) is 45.2 Å². The molecule has 2 saturated heterocycles. The molecule has 2 aliphatic heterocycles. The van der Waals surface area contributed by atoms with Crippen LogP contribution in [0.1, 0.15) is 16.1 Å². The molecule has 0 bridgehead atoms. The van der Waals surface area contributed by atoms with Gasteiger partial charge in [0, 0.05) is 37.2 Å². The smallest absolute Gasteiger partial charge is 0.272 e. The second-order valence-electron chi connectivity index (χ2n) is 5.07. The number of halogens is 1. The second kappa shape index (κ2) is 3.50. The Labute approximate surface area is 98.8 Å². The summed E-state index contributed by atoms with van der Waals surface area (Å²) in [5, 5.41) is 3.21. The fourth-order valence-electron chi connectivity index (χ4n) is 2.39. The Hall–Kier alpha value is -1.49. The molecular formula is C12H14FN3O. The van der Waals surface area contributed by atoms with Crippen LogP contribution in [0.3, 0.4) is 0 Å². The van der Waals surface area contributed by atoms with Crippen LogP contribution in [0.5, 0.6) is 0 Å². The molecule has 0 saturated carbocycles. The summed E-state index contributed by atoms with van der Waals surface area (Å²) in [6.07, 6.45) is 0. The molecule has 0 aromatic carbocycles. The van der Waals surface area contributed by atoms with Crippen LogP contribution in [-0.4, -0.2) is 42.0 Å². The molecule has 1 aromatic heterocycles. The zero-order valence-electron chi connectivity index (χ0n) is 9.66. The summed E-state index contributed by atoms with van der Waals surface area (Å²) in [5.74, 6) is -0.724. The number of hydrogen-bond acceptors (Lipinski definition) is 3. The molecule has 4 nitrogen and oxygen atoms in total. The molecule has 3 rings (SSSR count). The lowest BCUT2D eigenvalue weighted by atomic mass is 9.74. The van der Waals surface area contributed by atoms with Crippen LogP contribution in [0.15, 0.2) is 12.1 Å². The van der Waals surface area contributed by atoms with Crippen LogP contribution in [-0.2, 0) is 0 Å². The summed E-state index contributed by atoms with van der Waals surface area (Å²) in [6.45, 7) is 5.11. The molecule has 0 aliphatic carbocycles. The Morgan fingerprint density at radius 1 is 1.47 bits per heavy atom. The van der Waals surface area contributed by atoms with Crippen molar-refractivity contribution in [3.05, 3.63) is 29.3 Å². The van der Waals surface area contributed by atoms with Crippen molar-refractivity contribution in [3.63, 3.8) is 0 Å².